The number of aryl methyl sites for hydroxylation is 4. The van der Waals surface area contributed by atoms with E-state index in [4.69, 9.17) is 4.74 Å². The van der Waals surface area contributed by atoms with Gasteiger partial charge in [-0.15, -0.1) is 5.10 Å². The first-order valence-electron chi connectivity index (χ1n) is 13.1. The Labute approximate surface area is 215 Å². The first-order chi connectivity index (χ1) is 17.7. The number of carbonyl (C=O) groups excluding carboxylic acids is 2. The molecule has 2 unspecified atom stereocenters. The van der Waals surface area contributed by atoms with Crippen molar-refractivity contribution in [3.05, 3.63) is 52.4 Å². The van der Waals surface area contributed by atoms with Gasteiger partial charge in [-0.25, -0.2) is 13.9 Å². The molecule has 1 saturated carbocycles. The molecule has 9 heteroatoms. The molecule has 0 spiro atoms. The number of ketones is 1. The average molecular weight is 509 g/mol. The zero-order valence-electron chi connectivity index (χ0n) is 21.6. The molecule has 1 aliphatic carbocycles. The van der Waals surface area contributed by atoms with Gasteiger partial charge in [0.25, 0.3) is 5.78 Å². The van der Waals surface area contributed by atoms with Crippen LogP contribution in [0.2, 0.25) is 0 Å². The lowest BCUT2D eigenvalue weighted by molar-refractivity contribution is -0.185. The molecule has 1 saturated heterocycles. The molecule has 5 rings (SSSR count). The molecule has 1 aromatic carbocycles. The Bertz CT molecular complexity index is 1340. The van der Waals surface area contributed by atoms with Crippen molar-refractivity contribution in [3.8, 4) is 5.75 Å². The number of carbonyl (C=O) groups is 2. The monoisotopic (exact) mass is 508 g/mol. The molecule has 0 bridgehead atoms. The van der Waals surface area contributed by atoms with Gasteiger partial charge in [-0.1, -0.05) is 25.8 Å². The summed E-state index contributed by atoms with van der Waals surface area (Å²) in [5.41, 5.74) is 2.06. The zero-order chi connectivity index (χ0) is 26.3. The summed E-state index contributed by atoms with van der Waals surface area (Å²) in [6.45, 7) is 5.64. The molecule has 2 atom stereocenters. The van der Waals surface area contributed by atoms with Crippen molar-refractivity contribution in [3.63, 3.8) is 0 Å². The number of phenolic OH excluding ortho intramolecular Hbond substituents is 1. The van der Waals surface area contributed by atoms with Crippen LogP contribution in [0.25, 0.3) is 5.78 Å². The summed E-state index contributed by atoms with van der Waals surface area (Å²) in [5.74, 6) is -1.69. The second-order valence-corrected chi connectivity index (χ2v) is 10.6. The van der Waals surface area contributed by atoms with E-state index in [1.165, 1.54) is 6.07 Å². The van der Waals surface area contributed by atoms with Gasteiger partial charge in [-0.3, -0.25) is 9.59 Å². The number of phenols is 1. The van der Waals surface area contributed by atoms with E-state index in [0.717, 1.165) is 42.6 Å². The number of benzene rings is 1. The highest BCUT2D eigenvalue weighted by Crippen LogP contribution is 2.45. The van der Waals surface area contributed by atoms with Crippen molar-refractivity contribution >= 4 is 17.5 Å². The van der Waals surface area contributed by atoms with Gasteiger partial charge in [0.2, 0.25) is 0 Å². The van der Waals surface area contributed by atoms with Crippen LogP contribution >= 0.6 is 0 Å². The third-order valence-electron chi connectivity index (χ3n) is 8.02. The van der Waals surface area contributed by atoms with Gasteiger partial charge in [0, 0.05) is 24.2 Å². The molecule has 2 fully saturated rings. The van der Waals surface area contributed by atoms with Gasteiger partial charge in [-0.05, 0) is 75.1 Å². The fraction of sp³-hybridized carbons (Fsp3) is 0.536. The van der Waals surface area contributed by atoms with Crippen LogP contribution in [0.4, 0.5) is 4.39 Å². The molecule has 2 aromatic heterocycles. The Morgan fingerprint density at radius 1 is 1.16 bits per heavy atom. The Balaban J connectivity index is 1.37. The summed E-state index contributed by atoms with van der Waals surface area (Å²) >= 11 is 0. The SMILES string of the molecule is CCc1cc(CCC2(C3CCCC3)CC(=O)C(Cc3nc4nc(C)cc(C)n4n3)C(=O)O2)cc(F)c1O. The van der Waals surface area contributed by atoms with Crippen LogP contribution in [-0.2, 0) is 33.6 Å². The summed E-state index contributed by atoms with van der Waals surface area (Å²) < 4.78 is 22.1. The van der Waals surface area contributed by atoms with Crippen LogP contribution in [0.5, 0.6) is 5.75 Å². The van der Waals surface area contributed by atoms with Crippen molar-refractivity contribution < 1.29 is 23.8 Å². The summed E-state index contributed by atoms with van der Waals surface area (Å²) in [5, 5.41) is 14.4. The van der Waals surface area contributed by atoms with Crippen molar-refractivity contribution in [2.45, 2.75) is 84.2 Å². The smallest absolute Gasteiger partial charge is 0.317 e. The second kappa shape index (κ2) is 9.84. The summed E-state index contributed by atoms with van der Waals surface area (Å²) in [6, 6.07) is 5.02. The first kappa shape index (κ1) is 25.3. The van der Waals surface area contributed by atoms with E-state index in [0.29, 0.717) is 36.4 Å². The number of aromatic nitrogens is 4. The summed E-state index contributed by atoms with van der Waals surface area (Å²) in [6.07, 6.45) is 5.46. The third kappa shape index (κ3) is 4.83. The number of cyclic esters (lactones) is 1. The first-order valence-corrected chi connectivity index (χ1v) is 13.1. The largest absolute Gasteiger partial charge is 0.505 e. The number of halogens is 1. The Morgan fingerprint density at radius 2 is 1.92 bits per heavy atom. The molecule has 1 N–H and O–H groups in total. The fourth-order valence-electron chi connectivity index (χ4n) is 6.04. The van der Waals surface area contributed by atoms with Crippen molar-refractivity contribution in [1.82, 2.24) is 19.6 Å². The predicted octanol–water partition coefficient (Wildman–Crippen LogP) is 4.38. The number of ether oxygens (including phenoxy) is 1. The number of Topliss-reactive ketones (excluding diaryl/α,β-unsaturated/α-hetero) is 1. The highest BCUT2D eigenvalue weighted by atomic mass is 19.1. The number of aromatic hydroxyl groups is 1. The van der Waals surface area contributed by atoms with Gasteiger partial charge < -0.3 is 9.84 Å². The fourth-order valence-corrected chi connectivity index (χ4v) is 6.04. The van der Waals surface area contributed by atoms with Crippen LogP contribution in [0.3, 0.4) is 0 Å². The molecule has 0 amide bonds. The van der Waals surface area contributed by atoms with E-state index >= 15 is 0 Å². The van der Waals surface area contributed by atoms with E-state index < -0.39 is 23.3 Å². The van der Waals surface area contributed by atoms with Crippen LogP contribution in [-0.4, -0.2) is 42.0 Å². The van der Waals surface area contributed by atoms with Gasteiger partial charge in [0.1, 0.15) is 11.5 Å². The highest BCUT2D eigenvalue weighted by molar-refractivity contribution is 6.01. The second-order valence-electron chi connectivity index (χ2n) is 10.6. The van der Waals surface area contributed by atoms with Gasteiger partial charge in [-0.2, -0.15) is 4.98 Å². The molecule has 3 heterocycles. The summed E-state index contributed by atoms with van der Waals surface area (Å²) in [7, 11) is 0. The average Bonchev–Trinajstić information content (AvgIpc) is 3.53. The van der Waals surface area contributed by atoms with Gasteiger partial charge >= 0.3 is 5.97 Å². The Hall–Kier alpha value is -3.36. The number of rotatable bonds is 7. The van der Waals surface area contributed by atoms with E-state index in [1.54, 1.807) is 10.6 Å². The van der Waals surface area contributed by atoms with Crippen LogP contribution in [0, 0.1) is 31.5 Å². The zero-order valence-corrected chi connectivity index (χ0v) is 21.6. The minimum atomic E-state index is -0.953. The van der Waals surface area contributed by atoms with Gasteiger partial charge in [0.05, 0.1) is 0 Å². The van der Waals surface area contributed by atoms with Crippen LogP contribution < -0.4 is 0 Å². The topological polar surface area (TPSA) is 107 Å². The molecule has 1 aliphatic heterocycles. The standard InChI is InChI=1S/C28H33FN4O4/c1-4-19-12-18(13-22(29)25(19)35)9-10-28(20-7-5-6-8-20)15-23(34)21(26(36)37-28)14-24-31-27-30-16(2)11-17(3)33(27)32-24/h11-13,20-21,35H,4-10,14-15H2,1-3H3. The van der Waals surface area contributed by atoms with E-state index in [1.807, 2.05) is 26.8 Å². The lowest BCUT2D eigenvalue weighted by Crippen LogP contribution is -2.52. The van der Waals surface area contributed by atoms with Crippen LogP contribution in [0.15, 0.2) is 18.2 Å². The Kier molecular flexibility index (Phi) is 6.72. The van der Waals surface area contributed by atoms with E-state index in [9.17, 15) is 19.1 Å². The molecule has 2 aliphatic rings. The highest BCUT2D eigenvalue weighted by Gasteiger charge is 2.51. The molecule has 0 radical (unpaired) electrons. The number of hydrogen-bond donors (Lipinski definition) is 1. The van der Waals surface area contributed by atoms with Crippen LogP contribution in [0.1, 0.15) is 73.8 Å². The Morgan fingerprint density at radius 3 is 2.62 bits per heavy atom. The van der Waals surface area contributed by atoms with Crippen molar-refractivity contribution in [2.75, 3.05) is 0 Å². The number of esters is 1. The summed E-state index contributed by atoms with van der Waals surface area (Å²) in [4.78, 5) is 35.6. The quantitative estimate of drug-likeness (QED) is 0.373. The minimum Gasteiger partial charge on any atom is -0.505 e. The molecule has 196 valence electrons. The number of fused-ring (bicyclic) bond motifs is 1. The van der Waals surface area contributed by atoms with Gasteiger partial charge in [0.15, 0.2) is 23.2 Å². The van der Waals surface area contributed by atoms with Crippen molar-refractivity contribution in [1.29, 1.82) is 0 Å². The third-order valence-corrected chi connectivity index (χ3v) is 8.02. The van der Waals surface area contributed by atoms with E-state index in [-0.39, 0.29) is 30.3 Å². The molecule has 3 aromatic rings. The molecular formula is C28H33FN4O4. The normalized spacial score (nSPS) is 22.6. The maximum Gasteiger partial charge on any atom is 0.317 e. The maximum absolute atomic E-state index is 14.3. The predicted molar refractivity (Wildman–Crippen MR) is 134 cm³/mol. The lowest BCUT2D eigenvalue weighted by Gasteiger charge is -2.43. The van der Waals surface area contributed by atoms with Crippen molar-refractivity contribution in [2.24, 2.45) is 11.8 Å². The maximum atomic E-state index is 14.3. The minimum absolute atomic E-state index is 0.0727. The number of nitrogens with zero attached hydrogens (tertiary/aromatic N) is 4. The molecule has 8 nitrogen and oxygen atoms in total. The number of hydrogen-bond acceptors (Lipinski definition) is 7. The molecular weight excluding hydrogens is 475 g/mol. The van der Waals surface area contributed by atoms with E-state index in [2.05, 4.69) is 15.1 Å². The lowest BCUT2D eigenvalue weighted by atomic mass is 9.73. The molecule has 37 heavy (non-hydrogen) atoms.